The van der Waals surface area contributed by atoms with Crippen molar-refractivity contribution in [3.05, 3.63) is 26.6 Å². The molecule has 0 aliphatic carbocycles. The first-order valence-electron chi connectivity index (χ1n) is 6.07. The van der Waals surface area contributed by atoms with Gasteiger partial charge in [0.15, 0.2) is 0 Å². The van der Waals surface area contributed by atoms with E-state index in [4.69, 9.17) is 5.73 Å². The van der Waals surface area contributed by atoms with Gasteiger partial charge in [0.2, 0.25) is 0 Å². The van der Waals surface area contributed by atoms with Gasteiger partial charge in [0.05, 0.1) is 9.80 Å². The molecule has 0 bridgehead atoms. The molecule has 0 atom stereocenters. The van der Waals surface area contributed by atoms with Crippen LogP contribution in [0.15, 0.2) is 6.07 Å². The Kier molecular flexibility index (Phi) is 4.41. The van der Waals surface area contributed by atoms with Crippen LogP contribution in [-0.2, 0) is 0 Å². The van der Waals surface area contributed by atoms with Crippen molar-refractivity contribution in [1.82, 2.24) is 0 Å². The maximum absolute atomic E-state index is 11.2. The van der Waals surface area contributed by atoms with Crippen LogP contribution >= 0.6 is 11.3 Å². The van der Waals surface area contributed by atoms with Crippen LogP contribution in [0.25, 0.3) is 0 Å². The Morgan fingerprint density at radius 2 is 2.00 bits per heavy atom. The topological polar surface area (TPSA) is 86.2 Å². The van der Waals surface area contributed by atoms with Crippen molar-refractivity contribution in [2.45, 2.75) is 38.9 Å². The van der Waals surface area contributed by atoms with Gasteiger partial charge in [-0.3, -0.25) is 14.9 Å². The van der Waals surface area contributed by atoms with Crippen molar-refractivity contribution in [3.8, 4) is 11.5 Å². The lowest BCUT2D eigenvalue weighted by molar-refractivity contribution is -0.380. The third-order valence-electron chi connectivity index (χ3n) is 3.52. The summed E-state index contributed by atoms with van der Waals surface area (Å²) in [5.74, 6) is 2.18. The van der Waals surface area contributed by atoms with Gasteiger partial charge in [-0.05, 0) is 11.1 Å². The van der Waals surface area contributed by atoms with E-state index < -0.39 is 18.9 Å². The average Bonchev–Trinajstić information content (AvgIpc) is 2.69. The van der Waals surface area contributed by atoms with Gasteiger partial charge >= 0.3 is 5.00 Å². The Labute approximate surface area is 123 Å². The minimum atomic E-state index is -1.79. The summed E-state index contributed by atoms with van der Waals surface area (Å²) in [4.78, 5) is 22.0. The number of hydrogen-bond acceptors (Lipinski definition) is 4. The molecule has 0 spiro atoms. The minimum absolute atomic E-state index is 0.0699. The van der Waals surface area contributed by atoms with Crippen LogP contribution in [0, 0.1) is 21.6 Å². The van der Waals surface area contributed by atoms with Crippen molar-refractivity contribution < 1.29 is 9.72 Å². The van der Waals surface area contributed by atoms with Gasteiger partial charge in [0.25, 0.3) is 5.91 Å². The molecule has 5 nitrogen and oxygen atoms in total. The van der Waals surface area contributed by atoms with Gasteiger partial charge < -0.3 is 5.73 Å². The summed E-state index contributed by atoms with van der Waals surface area (Å²) >= 11 is 0.896. The van der Waals surface area contributed by atoms with E-state index in [0.29, 0.717) is 4.88 Å². The fraction of sp³-hybridized carbons (Fsp3) is 0.462. The quantitative estimate of drug-likeness (QED) is 0.394. The zero-order chi connectivity index (χ0) is 15.7. The molecule has 1 aromatic heterocycles. The molecule has 0 aliphatic rings. The number of nitrogens with zero attached hydrogens (tertiary/aromatic N) is 1. The Morgan fingerprint density at radius 3 is 2.35 bits per heavy atom. The van der Waals surface area contributed by atoms with Crippen LogP contribution in [0.1, 0.15) is 36.0 Å². The fourth-order valence-electron chi connectivity index (χ4n) is 1.16. The lowest BCUT2D eigenvalue weighted by Crippen LogP contribution is -2.35. The monoisotopic (exact) mass is 310 g/mol. The van der Waals surface area contributed by atoms with Gasteiger partial charge in [-0.25, -0.2) is 0 Å². The number of nitrogens with two attached hydrogens (primary N) is 1. The van der Waals surface area contributed by atoms with Crippen LogP contribution < -0.4 is 5.73 Å². The summed E-state index contributed by atoms with van der Waals surface area (Å²) in [6, 6.07) is 1.41. The van der Waals surface area contributed by atoms with Crippen LogP contribution in [0.3, 0.4) is 0 Å². The predicted octanol–water partition coefficient (Wildman–Crippen LogP) is 3.15. The molecule has 0 aliphatic heterocycles. The lowest BCUT2D eigenvalue weighted by atomic mass is 10.2. The van der Waals surface area contributed by atoms with E-state index >= 15 is 0 Å². The number of amides is 1. The van der Waals surface area contributed by atoms with Gasteiger partial charge in [-0.15, -0.1) is 5.54 Å². The number of rotatable bonds is 2. The Hall–Kier alpha value is -1.65. The van der Waals surface area contributed by atoms with Crippen LogP contribution in [0.4, 0.5) is 5.00 Å². The Bertz CT molecular complexity index is 586. The molecule has 7 heteroatoms. The van der Waals surface area contributed by atoms with E-state index in [2.05, 4.69) is 45.3 Å². The molecular weight excluding hydrogens is 292 g/mol. The summed E-state index contributed by atoms with van der Waals surface area (Å²) in [6.45, 7) is 10.7. The summed E-state index contributed by atoms with van der Waals surface area (Å²) < 4.78 is 0. The Morgan fingerprint density at radius 1 is 1.45 bits per heavy atom. The highest BCUT2D eigenvalue weighted by Crippen LogP contribution is 2.35. The normalized spacial score (nSPS) is 11.7. The molecule has 108 valence electrons. The molecule has 1 aromatic rings. The highest BCUT2D eigenvalue weighted by molar-refractivity contribution is 7.16. The second kappa shape index (κ2) is 5.38. The molecule has 0 fully saturated rings. The zero-order valence-electron chi connectivity index (χ0n) is 12.2. The highest BCUT2D eigenvalue weighted by Gasteiger charge is 2.33. The number of hydrogen-bond donors (Lipinski definition) is 1. The van der Waals surface area contributed by atoms with Crippen LogP contribution in [0.2, 0.25) is 18.1 Å². The number of thiophene rings is 1. The molecule has 0 unspecified atom stereocenters. The lowest BCUT2D eigenvalue weighted by Gasteiger charge is -2.31. The molecule has 1 rings (SSSR count). The molecule has 2 N–H and O–H groups in total. The van der Waals surface area contributed by atoms with Gasteiger partial charge in [0, 0.05) is 0 Å². The first-order valence-corrected chi connectivity index (χ1v) is 9.88. The number of nitro groups is 1. The standard InChI is InChI=1S/C13H18N2O3SSi/c1-13(2,3)20(4,5)7-6-9-8-10(11(14)16)12(19-9)15(17)18/h8H,1-5H3,(H2,14,16). The smallest absolute Gasteiger partial charge is 0.338 e. The highest BCUT2D eigenvalue weighted by atomic mass is 32.1. The molecule has 0 radical (unpaired) electrons. The van der Waals surface area contributed by atoms with Crippen LogP contribution in [0.5, 0.6) is 0 Å². The Balaban J connectivity index is 3.23. The third kappa shape index (κ3) is 3.46. The second-order valence-corrected chi connectivity index (χ2v) is 12.1. The van der Waals surface area contributed by atoms with E-state index in [1.54, 1.807) is 0 Å². The third-order valence-corrected chi connectivity index (χ3v) is 9.02. The summed E-state index contributed by atoms with van der Waals surface area (Å²) in [5, 5.41) is 10.7. The summed E-state index contributed by atoms with van der Waals surface area (Å²) in [6.07, 6.45) is 0. The largest absolute Gasteiger partial charge is 0.365 e. The predicted molar refractivity (Wildman–Crippen MR) is 83.6 cm³/mol. The number of carbonyl (C=O) groups excluding carboxylic acids is 1. The SMILES string of the molecule is CC(C)(C)[Si](C)(C)C#Cc1cc(C(N)=O)c([N+](=O)[O-])s1. The number of primary amides is 1. The first-order chi connectivity index (χ1) is 8.95. The molecule has 0 saturated carbocycles. The summed E-state index contributed by atoms with van der Waals surface area (Å²) in [5.41, 5.74) is 8.33. The molecular formula is C13H18N2O3SSi. The summed E-state index contributed by atoms with van der Waals surface area (Å²) in [7, 11) is -1.79. The molecule has 1 heterocycles. The average molecular weight is 310 g/mol. The fourth-order valence-corrected chi connectivity index (χ4v) is 2.90. The maximum Gasteiger partial charge on any atom is 0.338 e. The molecule has 1 amide bonds. The van der Waals surface area contributed by atoms with Crippen molar-refractivity contribution in [2.24, 2.45) is 5.73 Å². The van der Waals surface area contributed by atoms with E-state index in [0.717, 1.165) is 11.3 Å². The van der Waals surface area contributed by atoms with E-state index in [1.165, 1.54) is 6.07 Å². The van der Waals surface area contributed by atoms with Gasteiger partial charge in [-0.1, -0.05) is 51.1 Å². The van der Waals surface area contributed by atoms with E-state index in [-0.39, 0.29) is 15.6 Å². The molecule has 0 saturated heterocycles. The first kappa shape index (κ1) is 16.4. The van der Waals surface area contributed by atoms with Crippen LogP contribution in [-0.4, -0.2) is 18.9 Å². The van der Waals surface area contributed by atoms with E-state index in [9.17, 15) is 14.9 Å². The minimum Gasteiger partial charge on any atom is -0.365 e. The van der Waals surface area contributed by atoms with E-state index in [1.807, 2.05) is 0 Å². The second-order valence-electron chi connectivity index (χ2n) is 6.08. The molecule has 0 aromatic carbocycles. The molecule has 20 heavy (non-hydrogen) atoms. The van der Waals surface area contributed by atoms with Crippen molar-refractivity contribution in [1.29, 1.82) is 0 Å². The maximum atomic E-state index is 11.2. The van der Waals surface area contributed by atoms with Gasteiger partial charge in [0.1, 0.15) is 13.6 Å². The van der Waals surface area contributed by atoms with Crippen molar-refractivity contribution >= 4 is 30.3 Å². The zero-order valence-corrected chi connectivity index (χ0v) is 14.1. The van der Waals surface area contributed by atoms with Crippen molar-refractivity contribution in [3.63, 3.8) is 0 Å². The van der Waals surface area contributed by atoms with Crippen molar-refractivity contribution in [2.75, 3.05) is 0 Å². The number of carbonyl (C=O) groups is 1. The van der Waals surface area contributed by atoms with Gasteiger partial charge in [-0.2, -0.15) is 0 Å².